The molecule has 23 heavy (non-hydrogen) atoms. The molecule has 4 rings (SSSR count). The Hall–Kier alpha value is -2.48. The highest BCUT2D eigenvalue weighted by atomic mass is 32.1. The molecule has 0 unspecified atom stereocenters. The molecule has 0 amide bonds. The highest BCUT2D eigenvalue weighted by Gasteiger charge is 2.23. The van der Waals surface area contributed by atoms with Gasteiger partial charge in [-0.25, -0.2) is 9.67 Å². The molecule has 7 nitrogen and oxygen atoms in total. The van der Waals surface area contributed by atoms with E-state index in [2.05, 4.69) is 20.3 Å². The third-order valence-corrected chi connectivity index (χ3v) is 4.97. The van der Waals surface area contributed by atoms with Gasteiger partial charge in [-0.2, -0.15) is 0 Å². The molecule has 2 N–H and O–H groups in total. The quantitative estimate of drug-likeness (QED) is 0.774. The third kappa shape index (κ3) is 3.02. The Balaban J connectivity index is 1.38. The van der Waals surface area contributed by atoms with Crippen molar-refractivity contribution in [3.05, 3.63) is 40.6 Å². The standard InChI is InChI=1S/C15H16N6OS/c16-15-17-9-21(20-15)11-4-6-12(7-5-11)22-8-13-18-19-14(23-13)10-2-1-3-10/h4-7,9-10H,1-3,8H2,(H2,16,20). The van der Waals surface area contributed by atoms with Crippen LogP contribution in [0.1, 0.15) is 35.2 Å². The van der Waals surface area contributed by atoms with Crippen LogP contribution >= 0.6 is 11.3 Å². The van der Waals surface area contributed by atoms with Crippen molar-refractivity contribution in [1.82, 2.24) is 25.0 Å². The highest BCUT2D eigenvalue weighted by molar-refractivity contribution is 7.11. The highest BCUT2D eigenvalue weighted by Crippen LogP contribution is 2.37. The SMILES string of the molecule is Nc1ncn(-c2ccc(OCc3nnc(C4CCC4)s3)cc2)n1. The molecule has 0 spiro atoms. The van der Waals surface area contributed by atoms with E-state index in [4.69, 9.17) is 10.5 Å². The molecular weight excluding hydrogens is 312 g/mol. The topological polar surface area (TPSA) is 91.7 Å². The summed E-state index contributed by atoms with van der Waals surface area (Å²) in [4.78, 5) is 3.90. The lowest BCUT2D eigenvalue weighted by atomic mass is 9.86. The maximum atomic E-state index is 5.77. The van der Waals surface area contributed by atoms with Gasteiger partial charge in [-0.3, -0.25) is 0 Å². The zero-order valence-electron chi connectivity index (χ0n) is 12.4. The minimum atomic E-state index is 0.254. The summed E-state index contributed by atoms with van der Waals surface area (Å²) in [7, 11) is 0. The molecule has 1 aromatic carbocycles. The third-order valence-electron chi connectivity index (χ3n) is 3.91. The van der Waals surface area contributed by atoms with Crippen molar-refractivity contribution in [1.29, 1.82) is 0 Å². The van der Waals surface area contributed by atoms with Crippen molar-refractivity contribution in [2.45, 2.75) is 31.8 Å². The van der Waals surface area contributed by atoms with Gasteiger partial charge >= 0.3 is 0 Å². The van der Waals surface area contributed by atoms with Gasteiger partial charge in [0.25, 0.3) is 0 Å². The van der Waals surface area contributed by atoms with E-state index >= 15 is 0 Å². The van der Waals surface area contributed by atoms with Crippen molar-refractivity contribution < 1.29 is 4.74 Å². The molecule has 0 radical (unpaired) electrons. The van der Waals surface area contributed by atoms with E-state index in [9.17, 15) is 0 Å². The maximum Gasteiger partial charge on any atom is 0.239 e. The summed E-state index contributed by atoms with van der Waals surface area (Å²) in [5, 5.41) is 14.6. The van der Waals surface area contributed by atoms with E-state index in [1.807, 2.05) is 24.3 Å². The molecule has 118 valence electrons. The van der Waals surface area contributed by atoms with Gasteiger partial charge in [-0.1, -0.05) is 17.8 Å². The smallest absolute Gasteiger partial charge is 0.239 e. The average Bonchev–Trinajstić information content (AvgIpc) is 3.13. The molecular formula is C15H16N6OS. The van der Waals surface area contributed by atoms with Crippen LogP contribution in [0.4, 0.5) is 5.95 Å². The predicted molar refractivity (Wildman–Crippen MR) is 86.6 cm³/mol. The maximum absolute atomic E-state index is 5.77. The average molecular weight is 328 g/mol. The molecule has 1 aliphatic rings. The first-order valence-corrected chi connectivity index (χ1v) is 8.32. The number of nitrogen functional groups attached to an aromatic ring is 1. The number of hydrogen-bond donors (Lipinski definition) is 1. The Morgan fingerprint density at radius 3 is 2.70 bits per heavy atom. The number of ether oxygens (including phenoxy) is 1. The summed E-state index contributed by atoms with van der Waals surface area (Å²) >= 11 is 1.66. The van der Waals surface area contributed by atoms with Crippen molar-refractivity contribution in [3.63, 3.8) is 0 Å². The van der Waals surface area contributed by atoms with Crippen LogP contribution in [0.15, 0.2) is 30.6 Å². The van der Waals surface area contributed by atoms with E-state index in [1.54, 1.807) is 22.3 Å². The molecule has 1 aliphatic carbocycles. The van der Waals surface area contributed by atoms with Gasteiger partial charge < -0.3 is 10.5 Å². The predicted octanol–water partition coefficient (Wildman–Crippen LogP) is 2.55. The molecule has 0 aliphatic heterocycles. The Kier molecular flexibility index (Phi) is 3.66. The molecule has 0 saturated heterocycles. The Morgan fingerprint density at radius 1 is 1.22 bits per heavy atom. The van der Waals surface area contributed by atoms with E-state index in [1.165, 1.54) is 19.3 Å². The summed E-state index contributed by atoms with van der Waals surface area (Å²) in [6.07, 6.45) is 5.36. The summed E-state index contributed by atoms with van der Waals surface area (Å²) in [5.74, 6) is 1.65. The second-order valence-electron chi connectivity index (χ2n) is 5.49. The Morgan fingerprint density at radius 2 is 2.04 bits per heavy atom. The fraction of sp³-hybridized carbons (Fsp3) is 0.333. The summed E-state index contributed by atoms with van der Waals surface area (Å²) < 4.78 is 7.39. The largest absolute Gasteiger partial charge is 0.486 e. The van der Waals surface area contributed by atoms with E-state index in [0.29, 0.717) is 12.5 Å². The van der Waals surface area contributed by atoms with Crippen LogP contribution in [-0.4, -0.2) is 25.0 Å². The normalized spacial score (nSPS) is 14.6. The van der Waals surface area contributed by atoms with Crippen LogP contribution in [0.5, 0.6) is 5.75 Å². The van der Waals surface area contributed by atoms with Crippen LogP contribution in [-0.2, 0) is 6.61 Å². The monoisotopic (exact) mass is 328 g/mol. The number of anilines is 1. The van der Waals surface area contributed by atoms with Crippen LogP contribution in [0.25, 0.3) is 5.69 Å². The van der Waals surface area contributed by atoms with Crippen LogP contribution in [0.3, 0.4) is 0 Å². The van der Waals surface area contributed by atoms with E-state index in [-0.39, 0.29) is 5.95 Å². The zero-order chi connectivity index (χ0) is 15.6. The van der Waals surface area contributed by atoms with Gasteiger partial charge in [0, 0.05) is 5.92 Å². The van der Waals surface area contributed by atoms with E-state index in [0.717, 1.165) is 21.5 Å². The van der Waals surface area contributed by atoms with Gasteiger partial charge in [-0.05, 0) is 37.1 Å². The number of hydrogen-bond acceptors (Lipinski definition) is 7. The first-order chi connectivity index (χ1) is 11.3. The van der Waals surface area contributed by atoms with Crippen LogP contribution < -0.4 is 10.5 Å². The summed E-state index contributed by atoms with van der Waals surface area (Å²) in [6.45, 7) is 0.444. The van der Waals surface area contributed by atoms with Crippen molar-refractivity contribution in [3.8, 4) is 11.4 Å². The lowest BCUT2D eigenvalue weighted by Gasteiger charge is -2.21. The second kappa shape index (κ2) is 5.96. The fourth-order valence-corrected chi connectivity index (χ4v) is 3.31. The minimum Gasteiger partial charge on any atom is -0.486 e. The molecule has 8 heteroatoms. The fourth-order valence-electron chi connectivity index (χ4n) is 2.39. The molecule has 2 aromatic heterocycles. The number of aromatic nitrogens is 5. The van der Waals surface area contributed by atoms with Crippen LogP contribution in [0.2, 0.25) is 0 Å². The molecule has 0 atom stereocenters. The Labute approximate surface area is 137 Å². The first kappa shape index (κ1) is 14.1. The lowest BCUT2D eigenvalue weighted by Crippen LogP contribution is -2.07. The number of nitrogens with zero attached hydrogens (tertiary/aromatic N) is 5. The van der Waals surface area contributed by atoms with Crippen LogP contribution in [0, 0.1) is 0 Å². The molecule has 3 aromatic rings. The van der Waals surface area contributed by atoms with E-state index < -0.39 is 0 Å². The molecule has 2 heterocycles. The number of benzene rings is 1. The zero-order valence-corrected chi connectivity index (χ0v) is 13.2. The van der Waals surface area contributed by atoms with Gasteiger partial charge in [0.2, 0.25) is 5.95 Å². The van der Waals surface area contributed by atoms with Gasteiger partial charge in [0.15, 0.2) is 5.01 Å². The number of rotatable bonds is 5. The summed E-state index contributed by atoms with van der Waals surface area (Å²) in [6, 6.07) is 7.59. The molecule has 0 bridgehead atoms. The molecule has 1 saturated carbocycles. The van der Waals surface area contributed by atoms with Crippen molar-refractivity contribution in [2.24, 2.45) is 0 Å². The minimum absolute atomic E-state index is 0.254. The first-order valence-electron chi connectivity index (χ1n) is 7.50. The van der Waals surface area contributed by atoms with Crippen molar-refractivity contribution >= 4 is 17.3 Å². The molecule has 1 fully saturated rings. The lowest BCUT2D eigenvalue weighted by molar-refractivity contribution is 0.304. The van der Waals surface area contributed by atoms with Gasteiger partial charge in [-0.15, -0.1) is 15.3 Å². The Bertz CT molecular complexity index is 792. The van der Waals surface area contributed by atoms with Gasteiger partial charge in [0.05, 0.1) is 5.69 Å². The summed E-state index contributed by atoms with van der Waals surface area (Å²) in [5.41, 5.74) is 6.40. The van der Waals surface area contributed by atoms with Crippen molar-refractivity contribution in [2.75, 3.05) is 5.73 Å². The number of nitrogens with two attached hydrogens (primary N) is 1. The van der Waals surface area contributed by atoms with Gasteiger partial charge in [0.1, 0.15) is 23.7 Å². The second-order valence-corrected chi connectivity index (χ2v) is 6.59.